The van der Waals surface area contributed by atoms with Crippen LogP contribution in [0.5, 0.6) is 0 Å². The highest BCUT2D eigenvalue weighted by Crippen LogP contribution is 2.18. The van der Waals surface area contributed by atoms with E-state index in [1.165, 1.54) is 12.5 Å². The molecule has 1 saturated heterocycles. The van der Waals surface area contributed by atoms with Gasteiger partial charge in [-0.2, -0.15) is 0 Å². The van der Waals surface area contributed by atoms with Crippen LogP contribution < -0.4 is 5.73 Å². The number of piperidine rings is 1. The van der Waals surface area contributed by atoms with E-state index in [1.54, 1.807) is 6.07 Å². The molecule has 1 unspecified atom stereocenters. The number of rotatable bonds is 4. The molecule has 1 aromatic carbocycles. The summed E-state index contributed by atoms with van der Waals surface area (Å²) in [7, 11) is 0. The number of benzene rings is 1. The fourth-order valence-corrected chi connectivity index (χ4v) is 2.77. The lowest BCUT2D eigenvalue weighted by Crippen LogP contribution is -2.42. The Kier molecular flexibility index (Phi) is 5.12. The molecule has 20 heavy (non-hydrogen) atoms. The molecule has 2 rings (SSSR count). The van der Waals surface area contributed by atoms with Gasteiger partial charge in [0.2, 0.25) is 5.91 Å². The van der Waals surface area contributed by atoms with E-state index in [4.69, 9.17) is 5.73 Å². The van der Waals surface area contributed by atoms with Gasteiger partial charge in [-0.05, 0) is 44.2 Å². The highest BCUT2D eigenvalue weighted by Gasteiger charge is 2.25. The lowest BCUT2D eigenvalue weighted by Gasteiger charge is -2.30. The molecular weight excluding hydrogens is 255 g/mol. The fourth-order valence-electron chi connectivity index (χ4n) is 2.77. The van der Waals surface area contributed by atoms with Crippen LogP contribution in [0, 0.1) is 18.7 Å². The molecule has 0 radical (unpaired) electrons. The summed E-state index contributed by atoms with van der Waals surface area (Å²) in [6.45, 7) is 3.81. The number of likely N-dealkylation sites (tertiary alicyclic amines) is 1. The fraction of sp³-hybridized carbons (Fsp3) is 0.562. The van der Waals surface area contributed by atoms with Gasteiger partial charge < -0.3 is 10.6 Å². The summed E-state index contributed by atoms with van der Waals surface area (Å²) in [5, 5.41) is 0. The summed E-state index contributed by atoms with van der Waals surface area (Å²) in [5.41, 5.74) is 7.34. The summed E-state index contributed by atoms with van der Waals surface area (Å²) in [4.78, 5) is 14.3. The quantitative estimate of drug-likeness (QED) is 0.918. The largest absolute Gasteiger partial charge is 0.342 e. The number of aryl methyl sites for hydroxylation is 1. The number of hydrogen-bond donors (Lipinski definition) is 1. The molecule has 110 valence electrons. The number of carbonyl (C=O) groups is 1. The Morgan fingerprint density at radius 2 is 2.05 bits per heavy atom. The summed E-state index contributed by atoms with van der Waals surface area (Å²) < 4.78 is 13.8. The van der Waals surface area contributed by atoms with Gasteiger partial charge in [0.25, 0.3) is 0 Å². The van der Waals surface area contributed by atoms with Crippen molar-refractivity contribution in [2.75, 3.05) is 19.6 Å². The molecule has 0 saturated carbocycles. The molecule has 1 aliphatic rings. The van der Waals surface area contributed by atoms with E-state index in [9.17, 15) is 9.18 Å². The average molecular weight is 278 g/mol. The summed E-state index contributed by atoms with van der Waals surface area (Å²) in [6, 6.07) is 5.01. The minimum atomic E-state index is -0.315. The highest BCUT2D eigenvalue weighted by molar-refractivity contribution is 5.79. The maximum Gasteiger partial charge on any atom is 0.227 e. The van der Waals surface area contributed by atoms with Crippen LogP contribution in [-0.4, -0.2) is 30.4 Å². The zero-order valence-electron chi connectivity index (χ0n) is 12.1. The molecule has 1 fully saturated rings. The summed E-state index contributed by atoms with van der Waals surface area (Å²) >= 11 is 0. The Labute approximate surface area is 120 Å². The first-order chi connectivity index (χ1) is 9.61. The van der Waals surface area contributed by atoms with Crippen molar-refractivity contribution < 1.29 is 9.18 Å². The lowest BCUT2D eigenvalue weighted by atomic mass is 9.95. The topological polar surface area (TPSA) is 46.3 Å². The van der Waals surface area contributed by atoms with E-state index in [0.717, 1.165) is 31.5 Å². The smallest absolute Gasteiger partial charge is 0.227 e. The van der Waals surface area contributed by atoms with Crippen molar-refractivity contribution >= 4 is 5.91 Å². The minimum Gasteiger partial charge on any atom is -0.342 e. The van der Waals surface area contributed by atoms with Crippen LogP contribution in [-0.2, 0) is 11.2 Å². The normalized spacial score (nSPS) is 17.1. The molecule has 1 aliphatic heterocycles. The Morgan fingerprint density at radius 3 is 2.70 bits per heavy atom. The number of carbonyl (C=O) groups excluding carboxylic acids is 1. The van der Waals surface area contributed by atoms with Gasteiger partial charge >= 0.3 is 0 Å². The monoisotopic (exact) mass is 278 g/mol. The molecule has 1 aromatic rings. The zero-order valence-corrected chi connectivity index (χ0v) is 12.1. The first-order valence-corrected chi connectivity index (χ1v) is 7.35. The van der Waals surface area contributed by atoms with E-state index < -0.39 is 0 Å². The number of amides is 1. The molecule has 4 heteroatoms. The zero-order chi connectivity index (χ0) is 14.5. The predicted molar refractivity (Wildman–Crippen MR) is 77.8 cm³/mol. The molecule has 0 aliphatic carbocycles. The molecule has 0 spiro atoms. The van der Waals surface area contributed by atoms with Gasteiger partial charge in [0, 0.05) is 19.6 Å². The van der Waals surface area contributed by atoms with Crippen molar-refractivity contribution in [3.63, 3.8) is 0 Å². The van der Waals surface area contributed by atoms with Crippen molar-refractivity contribution in [1.82, 2.24) is 4.90 Å². The van der Waals surface area contributed by atoms with Crippen LogP contribution in [0.1, 0.15) is 30.4 Å². The van der Waals surface area contributed by atoms with Crippen molar-refractivity contribution in [1.29, 1.82) is 0 Å². The second-order valence-corrected chi connectivity index (χ2v) is 5.62. The molecule has 1 heterocycles. The van der Waals surface area contributed by atoms with Crippen LogP contribution in [0.25, 0.3) is 0 Å². The number of halogens is 1. The molecular formula is C16H23FN2O. The first-order valence-electron chi connectivity index (χ1n) is 7.35. The molecule has 0 bridgehead atoms. The lowest BCUT2D eigenvalue weighted by molar-refractivity contribution is -0.136. The van der Waals surface area contributed by atoms with E-state index in [-0.39, 0.29) is 24.2 Å². The number of nitrogens with two attached hydrogens (primary N) is 1. The van der Waals surface area contributed by atoms with Crippen LogP contribution in [0.4, 0.5) is 4.39 Å². The molecule has 2 N–H and O–H groups in total. The molecule has 0 aromatic heterocycles. The van der Waals surface area contributed by atoms with Crippen molar-refractivity contribution in [2.45, 2.75) is 32.6 Å². The standard InChI is InChI=1S/C16H23FN2O/c1-12-5-6-15(17)13(9-12)10-14(11-18)16(20)19-7-3-2-4-8-19/h5-6,9,14H,2-4,7-8,10-11,18H2,1H3. The van der Waals surface area contributed by atoms with Crippen LogP contribution in [0.15, 0.2) is 18.2 Å². The Balaban J connectivity index is 2.07. The second kappa shape index (κ2) is 6.84. The Bertz CT molecular complexity index is 470. The third-order valence-corrected chi connectivity index (χ3v) is 3.97. The summed E-state index contributed by atoms with van der Waals surface area (Å²) in [6.07, 6.45) is 3.69. The van der Waals surface area contributed by atoms with E-state index in [0.29, 0.717) is 12.0 Å². The molecule has 3 nitrogen and oxygen atoms in total. The second-order valence-electron chi connectivity index (χ2n) is 5.62. The van der Waals surface area contributed by atoms with Gasteiger partial charge in [0.1, 0.15) is 5.82 Å². The van der Waals surface area contributed by atoms with Crippen molar-refractivity contribution in [2.24, 2.45) is 11.7 Å². The van der Waals surface area contributed by atoms with Gasteiger partial charge in [-0.25, -0.2) is 4.39 Å². The third kappa shape index (κ3) is 3.57. The third-order valence-electron chi connectivity index (χ3n) is 3.97. The maximum atomic E-state index is 13.8. The summed E-state index contributed by atoms with van der Waals surface area (Å²) in [5.74, 6) is -0.488. The first kappa shape index (κ1) is 15.0. The SMILES string of the molecule is Cc1ccc(F)c(CC(CN)C(=O)N2CCCCC2)c1. The number of nitrogens with zero attached hydrogens (tertiary/aromatic N) is 1. The van der Waals surface area contributed by atoms with Crippen LogP contribution in [0.3, 0.4) is 0 Å². The van der Waals surface area contributed by atoms with Crippen molar-refractivity contribution in [3.05, 3.63) is 35.1 Å². The molecule has 1 amide bonds. The van der Waals surface area contributed by atoms with Crippen LogP contribution in [0.2, 0.25) is 0 Å². The minimum absolute atomic E-state index is 0.0770. The average Bonchev–Trinajstić information content (AvgIpc) is 2.48. The van der Waals surface area contributed by atoms with E-state index in [1.807, 2.05) is 17.9 Å². The van der Waals surface area contributed by atoms with Gasteiger partial charge in [-0.1, -0.05) is 17.7 Å². The Morgan fingerprint density at radius 1 is 1.35 bits per heavy atom. The van der Waals surface area contributed by atoms with Gasteiger partial charge in [0.05, 0.1) is 5.92 Å². The number of hydrogen-bond acceptors (Lipinski definition) is 2. The van der Waals surface area contributed by atoms with Crippen LogP contribution >= 0.6 is 0 Å². The van der Waals surface area contributed by atoms with Gasteiger partial charge in [-0.3, -0.25) is 4.79 Å². The predicted octanol–water partition coefficient (Wildman–Crippen LogP) is 2.26. The van der Waals surface area contributed by atoms with Gasteiger partial charge in [-0.15, -0.1) is 0 Å². The molecule has 1 atom stereocenters. The van der Waals surface area contributed by atoms with Crippen molar-refractivity contribution in [3.8, 4) is 0 Å². The van der Waals surface area contributed by atoms with E-state index >= 15 is 0 Å². The Hall–Kier alpha value is -1.42. The van der Waals surface area contributed by atoms with E-state index in [2.05, 4.69) is 0 Å². The maximum absolute atomic E-state index is 13.8. The highest BCUT2D eigenvalue weighted by atomic mass is 19.1. The van der Waals surface area contributed by atoms with Gasteiger partial charge in [0.15, 0.2) is 0 Å².